The minimum Gasteiger partial charge on any atom is -0.368 e. The Balaban J connectivity index is 2.46. The quantitative estimate of drug-likeness (QED) is 0.843. The first kappa shape index (κ1) is 13.0. The van der Waals surface area contributed by atoms with Gasteiger partial charge in [-0.1, -0.05) is 37.7 Å². The highest BCUT2D eigenvalue weighted by Crippen LogP contribution is 2.28. The summed E-state index contributed by atoms with van der Waals surface area (Å²) in [6.07, 6.45) is 1.06. The number of benzene rings is 1. The van der Waals surface area contributed by atoms with Crippen LogP contribution in [-0.4, -0.2) is 20.7 Å². The van der Waals surface area contributed by atoms with Crippen molar-refractivity contribution in [2.45, 2.75) is 37.2 Å². The number of primary amides is 1. The molecule has 18 heavy (non-hydrogen) atoms. The van der Waals surface area contributed by atoms with E-state index in [9.17, 15) is 4.79 Å². The number of fused-ring (bicyclic) bond motifs is 1. The third-order valence-corrected chi connectivity index (χ3v) is 4.07. The molecule has 2 N–H and O–H groups in total. The Morgan fingerprint density at radius 3 is 2.89 bits per heavy atom. The molecule has 1 aromatic heterocycles. The summed E-state index contributed by atoms with van der Waals surface area (Å²) in [5, 5.41) is 1.33. The molecule has 96 valence electrons. The van der Waals surface area contributed by atoms with E-state index in [-0.39, 0.29) is 12.5 Å². The Kier molecular flexibility index (Phi) is 3.91. The van der Waals surface area contributed by atoms with E-state index < -0.39 is 0 Å². The highest BCUT2D eigenvalue weighted by atomic mass is 32.2. The summed E-state index contributed by atoms with van der Waals surface area (Å²) in [6, 6.07) is 7.81. The van der Waals surface area contributed by atoms with Crippen LogP contribution in [0.4, 0.5) is 0 Å². The van der Waals surface area contributed by atoms with Crippen molar-refractivity contribution < 1.29 is 4.79 Å². The zero-order valence-electron chi connectivity index (χ0n) is 10.6. The minimum atomic E-state index is -0.343. The van der Waals surface area contributed by atoms with Crippen LogP contribution in [0.5, 0.6) is 0 Å². The molecular formula is C13H17N3OS. The molecule has 1 aromatic carbocycles. The smallest absolute Gasteiger partial charge is 0.237 e. The van der Waals surface area contributed by atoms with Gasteiger partial charge in [0.2, 0.25) is 5.91 Å². The fourth-order valence-electron chi connectivity index (χ4n) is 1.72. The Hall–Kier alpha value is -1.49. The van der Waals surface area contributed by atoms with E-state index in [2.05, 4.69) is 18.8 Å². The standard InChI is InChI=1S/C13H17N3OS/c1-3-9(2)18-13-15-10-6-4-5-7-11(10)16(13)8-12(14)17/h4-7,9H,3,8H2,1-2H3,(H2,14,17). The second-order valence-corrected chi connectivity index (χ2v) is 5.68. The molecule has 0 spiro atoms. The summed E-state index contributed by atoms with van der Waals surface area (Å²) in [6.45, 7) is 4.47. The van der Waals surface area contributed by atoms with Gasteiger partial charge in [-0.25, -0.2) is 4.98 Å². The second-order valence-electron chi connectivity index (χ2n) is 4.27. The lowest BCUT2D eigenvalue weighted by Crippen LogP contribution is -2.19. The van der Waals surface area contributed by atoms with Crippen molar-refractivity contribution in [2.24, 2.45) is 5.73 Å². The van der Waals surface area contributed by atoms with Crippen LogP contribution in [0.15, 0.2) is 29.4 Å². The molecule has 4 nitrogen and oxygen atoms in total. The van der Waals surface area contributed by atoms with Crippen LogP contribution in [0.1, 0.15) is 20.3 Å². The maximum Gasteiger partial charge on any atom is 0.237 e. The van der Waals surface area contributed by atoms with E-state index in [1.54, 1.807) is 11.8 Å². The van der Waals surface area contributed by atoms with Crippen LogP contribution in [0.3, 0.4) is 0 Å². The van der Waals surface area contributed by atoms with Crippen molar-refractivity contribution in [3.05, 3.63) is 24.3 Å². The first-order chi connectivity index (χ1) is 8.61. The number of aromatic nitrogens is 2. The highest BCUT2D eigenvalue weighted by Gasteiger charge is 2.14. The largest absolute Gasteiger partial charge is 0.368 e. The van der Waals surface area contributed by atoms with Gasteiger partial charge in [0.25, 0.3) is 0 Å². The van der Waals surface area contributed by atoms with Gasteiger partial charge in [-0.3, -0.25) is 4.79 Å². The van der Waals surface area contributed by atoms with Gasteiger partial charge < -0.3 is 10.3 Å². The van der Waals surface area contributed by atoms with E-state index >= 15 is 0 Å². The van der Waals surface area contributed by atoms with Crippen molar-refractivity contribution in [3.8, 4) is 0 Å². The van der Waals surface area contributed by atoms with Crippen molar-refractivity contribution in [2.75, 3.05) is 0 Å². The number of hydrogen-bond acceptors (Lipinski definition) is 3. The number of rotatable bonds is 5. The van der Waals surface area contributed by atoms with E-state index in [1.807, 2.05) is 28.8 Å². The summed E-state index contributed by atoms with van der Waals surface area (Å²) >= 11 is 1.68. The molecule has 0 saturated heterocycles. The second kappa shape index (κ2) is 5.44. The molecule has 5 heteroatoms. The maximum absolute atomic E-state index is 11.2. The average molecular weight is 263 g/mol. The number of hydrogen-bond donors (Lipinski definition) is 1. The molecule has 0 aliphatic heterocycles. The molecule has 0 saturated carbocycles. The van der Waals surface area contributed by atoms with E-state index in [0.717, 1.165) is 22.6 Å². The van der Waals surface area contributed by atoms with E-state index in [1.165, 1.54) is 0 Å². The third-order valence-electron chi connectivity index (χ3n) is 2.81. The zero-order chi connectivity index (χ0) is 13.1. The van der Waals surface area contributed by atoms with Crippen molar-refractivity contribution in [3.63, 3.8) is 0 Å². The summed E-state index contributed by atoms with van der Waals surface area (Å²) in [7, 11) is 0. The molecule has 0 fully saturated rings. The number of thioether (sulfide) groups is 1. The van der Waals surface area contributed by atoms with Crippen LogP contribution in [0.25, 0.3) is 11.0 Å². The Labute approximate surface area is 111 Å². The molecule has 0 aliphatic carbocycles. The van der Waals surface area contributed by atoms with Crippen LogP contribution in [0.2, 0.25) is 0 Å². The molecule has 1 atom stereocenters. The maximum atomic E-state index is 11.2. The van der Waals surface area contributed by atoms with E-state index in [0.29, 0.717) is 5.25 Å². The molecule has 2 aromatic rings. The number of para-hydroxylation sites is 2. The first-order valence-electron chi connectivity index (χ1n) is 6.02. The van der Waals surface area contributed by atoms with Gasteiger partial charge in [-0.15, -0.1) is 0 Å². The van der Waals surface area contributed by atoms with Gasteiger partial charge in [0.05, 0.1) is 11.0 Å². The number of nitrogens with zero attached hydrogens (tertiary/aromatic N) is 2. The number of imidazole rings is 1. The molecule has 1 unspecified atom stereocenters. The number of carbonyl (C=O) groups is 1. The Morgan fingerprint density at radius 2 is 2.22 bits per heavy atom. The monoisotopic (exact) mass is 263 g/mol. The molecule has 1 amide bonds. The highest BCUT2D eigenvalue weighted by molar-refractivity contribution is 7.99. The summed E-state index contributed by atoms with van der Waals surface area (Å²) in [5.41, 5.74) is 7.18. The summed E-state index contributed by atoms with van der Waals surface area (Å²) < 4.78 is 1.90. The van der Waals surface area contributed by atoms with Crippen molar-refractivity contribution in [1.82, 2.24) is 9.55 Å². The Bertz CT molecular complexity index is 564. The molecule has 2 rings (SSSR count). The van der Waals surface area contributed by atoms with Gasteiger partial charge in [-0.05, 0) is 18.6 Å². The van der Waals surface area contributed by atoms with Gasteiger partial charge in [0.1, 0.15) is 6.54 Å². The fourth-order valence-corrected chi connectivity index (χ4v) is 2.68. The van der Waals surface area contributed by atoms with Gasteiger partial charge in [0.15, 0.2) is 5.16 Å². The number of nitrogens with two attached hydrogens (primary N) is 1. The van der Waals surface area contributed by atoms with Gasteiger partial charge >= 0.3 is 0 Å². The lowest BCUT2D eigenvalue weighted by molar-refractivity contribution is -0.118. The normalized spacial score (nSPS) is 12.8. The summed E-state index contributed by atoms with van der Waals surface area (Å²) in [4.78, 5) is 15.8. The predicted molar refractivity (Wildman–Crippen MR) is 74.5 cm³/mol. The van der Waals surface area contributed by atoms with Gasteiger partial charge in [-0.2, -0.15) is 0 Å². The lowest BCUT2D eigenvalue weighted by Gasteiger charge is -2.09. The number of amides is 1. The Morgan fingerprint density at radius 1 is 1.50 bits per heavy atom. The minimum absolute atomic E-state index is 0.180. The van der Waals surface area contributed by atoms with Crippen LogP contribution in [-0.2, 0) is 11.3 Å². The topological polar surface area (TPSA) is 60.9 Å². The van der Waals surface area contributed by atoms with Crippen LogP contribution in [0, 0.1) is 0 Å². The van der Waals surface area contributed by atoms with Crippen LogP contribution >= 0.6 is 11.8 Å². The third kappa shape index (κ3) is 2.67. The molecule has 1 heterocycles. The molecular weight excluding hydrogens is 246 g/mol. The van der Waals surface area contributed by atoms with Crippen LogP contribution < -0.4 is 5.73 Å². The van der Waals surface area contributed by atoms with E-state index in [4.69, 9.17) is 5.73 Å². The number of carbonyl (C=O) groups excluding carboxylic acids is 1. The average Bonchev–Trinajstić information content (AvgIpc) is 2.67. The SMILES string of the molecule is CCC(C)Sc1nc2ccccc2n1CC(N)=O. The fraction of sp³-hybridized carbons (Fsp3) is 0.385. The summed E-state index contributed by atoms with van der Waals surface area (Å²) in [5.74, 6) is -0.343. The van der Waals surface area contributed by atoms with Crippen molar-refractivity contribution in [1.29, 1.82) is 0 Å². The van der Waals surface area contributed by atoms with Crippen molar-refractivity contribution >= 4 is 28.7 Å². The van der Waals surface area contributed by atoms with Gasteiger partial charge in [0, 0.05) is 5.25 Å². The first-order valence-corrected chi connectivity index (χ1v) is 6.90. The molecule has 0 radical (unpaired) electrons. The molecule has 0 bridgehead atoms. The molecule has 0 aliphatic rings. The lowest BCUT2D eigenvalue weighted by atomic mass is 10.3. The zero-order valence-corrected chi connectivity index (χ0v) is 11.4. The predicted octanol–water partition coefficient (Wildman–Crippen LogP) is 2.41.